The van der Waals surface area contributed by atoms with Gasteiger partial charge in [0.1, 0.15) is 5.75 Å². The van der Waals surface area contributed by atoms with Gasteiger partial charge in [-0.25, -0.2) is 0 Å². The van der Waals surface area contributed by atoms with Crippen molar-refractivity contribution in [3.8, 4) is 5.75 Å². The highest BCUT2D eigenvalue weighted by Crippen LogP contribution is 2.37. The summed E-state index contributed by atoms with van der Waals surface area (Å²) in [6.45, 7) is 6.16. The van der Waals surface area contributed by atoms with E-state index in [0.717, 1.165) is 51.3 Å². The Hall–Kier alpha value is -1.22. The Labute approximate surface area is 128 Å². The van der Waals surface area contributed by atoms with Crippen LogP contribution in [0.3, 0.4) is 0 Å². The maximum absolute atomic E-state index is 6.00. The van der Waals surface area contributed by atoms with Crippen molar-refractivity contribution in [1.82, 2.24) is 0 Å². The molecule has 21 heavy (non-hydrogen) atoms. The number of hydrogen-bond acceptors (Lipinski definition) is 3. The van der Waals surface area contributed by atoms with Crippen LogP contribution in [0.2, 0.25) is 0 Å². The quantitative estimate of drug-likeness (QED) is 0.764. The SMILES string of the molecule is CCCCOc1cccc(N2CCC3(CCCO3)CC2)c1. The fourth-order valence-electron chi connectivity index (χ4n) is 3.43. The third-order valence-electron chi connectivity index (χ3n) is 4.81. The van der Waals surface area contributed by atoms with Crippen molar-refractivity contribution in [3.05, 3.63) is 24.3 Å². The van der Waals surface area contributed by atoms with Crippen LogP contribution in [0.15, 0.2) is 24.3 Å². The van der Waals surface area contributed by atoms with Crippen LogP contribution in [0.1, 0.15) is 45.4 Å². The second kappa shape index (κ2) is 6.69. The van der Waals surface area contributed by atoms with Gasteiger partial charge in [0.25, 0.3) is 0 Å². The summed E-state index contributed by atoms with van der Waals surface area (Å²) in [5.74, 6) is 0.998. The molecule has 0 saturated carbocycles. The summed E-state index contributed by atoms with van der Waals surface area (Å²) in [7, 11) is 0. The van der Waals surface area contributed by atoms with Crippen LogP contribution in [0, 0.1) is 0 Å². The smallest absolute Gasteiger partial charge is 0.121 e. The van der Waals surface area contributed by atoms with Gasteiger partial charge in [-0.2, -0.15) is 0 Å². The van der Waals surface area contributed by atoms with E-state index in [2.05, 4.69) is 36.1 Å². The van der Waals surface area contributed by atoms with E-state index in [9.17, 15) is 0 Å². The standard InChI is InChI=1S/C18H27NO2/c1-2-3-13-20-17-7-4-6-16(15-17)19-11-9-18(10-12-19)8-5-14-21-18/h4,6-7,15H,2-3,5,8-14H2,1H3. The van der Waals surface area contributed by atoms with Gasteiger partial charge in [-0.15, -0.1) is 0 Å². The average molecular weight is 289 g/mol. The minimum Gasteiger partial charge on any atom is -0.494 e. The minimum atomic E-state index is 0.200. The van der Waals surface area contributed by atoms with Gasteiger partial charge in [0.15, 0.2) is 0 Å². The third kappa shape index (κ3) is 3.52. The largest absolute Gasteiger partial charge is 0.494 e. The van der Waals surface area contributed by atoms with Crippen molar-refractivity contribution in [2.24, 2.45) is 0 Å². The van der Waals surface area contributed by atoms with Crippen LogP contribution in [-0.4, -0.2) is 31.9 Å². The van der Waals surface area contributed by atoms with Crippen LogP contribution < -0.4 is 9.64 Å². The highest BCUT2D eigenvalue weighted by atomic mass is 16.5. The molecule has 0 bridgehead atoms. The zero-order chi connectivity index (χ0) is 14.5. The summed E-state index contributed by atoms with van der Waals surface area (Å²) in [6, 6.07) is 8.54. The first-order valence-electron chi connectivity index (χ1n) is 8.43. The molecule has 116 valence electrons. The van der Waals surface area contributed by atoms with E-state index in [1.807, 2.05) is 0 Å². The van der Waals surface area contributed by atoms with E-state index in [0.29, 0.717) is 0 Å². The number of piperidine rings is 1. The van der Waals surface area contributed by atoms with Gasteiger partial charge in [0, 0.05) is 31.5 Å². The summed E-state index contributed by atoms with van der Waals surface area (Å²) < 4.78 is 11.8. The van der Waals surface area contributed by atoms with Gasteiger partial charge >= 0.3 is 0 Å². The molecule has 0 radical (unpaired) electrons. The van der Waals surface area contributed by atoms with Gasteiger partial charge < -0.3 is 14.4 Å². The lowest BCUT2D eigenvalue weighted by Gasteiger charge is -2.39. The maximum Gasteiger partial charge on any atom is 0.121 e. The minimum absolute atomic E-state index is 0.200. The molecule has 2 aliphatic rings. The lowest BCUT2D eigenvalue weighted by molar-refractivity contribution is -0.0146. The molecule has 3 rings (SSSR count). The molecule has 1 aromatic carbocycles. The molecule has 2 aliphatic heterocycles. The van der Waals surface area contributed by atoms with Crippen molar-refractivity contribution >= 4 is 5.69 Å². The first-order valence-corrected chi connectivity index (χ1v) is 8.43. The van der Waals surface area contributed by atoms with Crippen molar-refractivity contribution in [3.63, 3.8) is 0 Å². The Morgan fingerprint density at radius 3 is 2.81 bits per heavy atom. The Balaban J connectivity index is 1.58. The molecule has 3 heteroatoms. The molecule has 2 fully saturated rings. The lowest BCUT2D eigenvalue weighted by atomic mass is 9.88. The molecular weight excluding hydrogens is 262 g/mol. The summed E-state index contributed by atoms with van der Waals surface area (Å²) in [6.07, 6.45) is 7.10. The van der Waals surface area contributed by atoms with Crippen molar-refractivity contribution in [2.75, 3.05) is 31.2 Å². The summed E-state index contributed by atoms with van der Waals surface area (Å²) in [5, 5.41) is 0. The number of unbranched alkanes of at least 4 members (excludes halogenated alkanes) is 1. The fourth-order valence-corrected chi connectivity index (χ4v) is 3.43. The lowest BCUT2D eigenvalue weighted by Crippen LogP contribution is -2.44. The molecule has 1 aromatic rings. The van der Waals surface area contributed by atoms with E-state index < -0.39 is 0 Å². The Morgan fingerprint density at radius 1 is 1.24 bits per heavy atom. The molecule has 0 aliphatic carbocycles. The molecule has 2 heterocycles. The van der Waals surface area contributed by atoms with Gasteiger partial charge in [0.05, 0.1) is 12.2 Å². The van der Waals surface area contributed by atoms with Gasteiger partial charge in [-0.3, -0.25) is 0 Å². The monoisotopic (exact) mass is 289 g/mol. The van der Waals surface area contributed by atoms with Gasteiger partial charge in [-0.05, 0) is 44.2 Å². The Bertz CT molecular complexity index is 444. The molecule has 3 nitrogen and oxygen atoms in total. The molecular formula is C18H27NO2. The summed E-state index contributed by atoms with van der Waals surface area (Å²) in [4.78, 5) is 2.47. The number of hydrogen-bond donors (Lipinski definition) is 0. The fraction of sp³-hybridized carbons (Fsp3) is 0.667. The van der Waals surface area contributed by atoms with Crippen LogP contribution in [-0.2, 0) is 4.74 Å². The Morgan fingerprint density at radius 2 is 2.10 bits per heavy atom. The van der Waals surface area contributed by atoms with Crippen molar-refractivity contribution in [2.45, 2.75) is 51.0 Å². The summed E-state index contributed by atoms with van der Waals surface area (Å²) in [5.41, 5.74) is 1.49. The molecule has 0 atom stereocenters. The highest BCUT2D eigenvalue weighted by molar-refractivity contribution is 5.51. The average Bonchev–Trinajstić information content (AvgIpc) is 2.97. The zero-order valence-corrected chi connectivity index (χ0v) is 13.1. The van der Waals surface area contributed by atoms with E-state index >= 15 is 0 Å². The van der Waals surface area contributed by atoms with E-state index in [4.69, 9.17) is 9.47 Å². The number of anilines is 1. The van der Waals surface area contributed by atoms with E-state index in [1.54, 1.807) is 0 Å². The molecule has 0 amide bonds. The van der Waals surface area contributed by atoms with Crippen molar-refractivity contribution < 1.29 is 9.47 Å². The Kier molecular flexibility index (Phi) is 4.69. The number of nitrogens with zero attached hydrogens (tertiary/aromatic N) is 1. The van der Waals surface area contributed by atoms with Gasteiger partial charge in [-0.1, -0.05) is 19.4 Å². The van der Waals surface area contributed by atoms with Crippen LogP contribution >= 0.6 is 0 Å². The van der Waals surface area contributed by atoms with E-state index in [1.165, 1.54) is 24.9 Å². The molecule has 2 saturated heterocycles. The first-order chi connectivity index (χ1) is 10.3. The topological polar surface area (TPSA) is 21.7 Å². The molecule has 0 aromatic heterocycles. The second-order valence-electron chi connectivity index (χ2n) is 6.32. The zero-order valence-electron chi connectivity index (χ0n) is 13.1. The van der Waals surface area contributed by atoms with Crippen LogP contribution in [0.25, 0.3) is 0 Å². The summed E-state index contributed by atoms with van der Waals surface area (Å²) >= 11 is 0. The number of rotatable bonds is 5. The normalized spacial score (nSPS) is 20.9. The van der Waals surface area contributed by atoms with Crippen molar-refractivity contribution in [1.29, 1.82) is 0 Å². The molecule has 1 spiro atoms. The van der Waals surface area contributed by atoms with Crippen LogP contribution in [0.4, 0.5) is 5.69 Å². The predicted molar refractivity (Wildman–Crippen MR) is 86.2 cm³/mol. The number of ether oxygens (including phenoxy) is 2. The van der Waals surface area contributed by atoms with Crippen LogP contribution in [0.5, 0.6) is 5.75 Å². The number of benzene rings is 1. The highest BCUT2D eigenvalue weighted by Gasteiger charge is 2.38. The third-order valence-corrected chi connectivity index (χ3v) is 4.81. The second-order valence-corrected chi connectivity index (χ2v) is 6.32. The van der Waals surface area contributed by atoms with Gasteiger partial charge in [0.2, 0.25) is 0 Å². The predicted octanol–water partition coefficient (Wildman–Crippen LogP) is 4.01. The maximum atomic E-state index is 6.00. The molecule has 0 N–H and O–H groups in total. The van der Waals surface area contributed by atoms with E-state index in [-0.39, 0.29) is 5.60 Å². The molecule has 0 unspecified atom stereocenters. The first kappa shape index (κ1) is 14.7.